The van der Waals surface area contributed by atoms with E-state index in [1.807, 2.05) is 48.5 Å². The highest BCUT2D eigenvalue weighted by Crippen LogP contribution is 2.25. The van der Waals surface area contributed by atoms with Crippen LogP contribution in [0.5, 0.6) is 11.5 Å². The molecule has 0 aliphatic carbocycles. The van der Waals surface area contributed by atoms with E-state index in [-0.39, 0.29) is 5.12 Å². The second-order valence-corrected chi connectivity index (χ2v) is 7.25. The van der Waals surface area contributed by atoms with Crippen LogP contribution in [0.4, 0.5) is 0 Å². The van der Waals surface area contributed by atoms with Crippen LogP contribution in [0.1, 0.15) is 55.8 Å². The third-order valence-electron chi connectivity index (χ3n) is 4.13. The Morgan fingerprint density at radius 2 is 1.46 bits per heavy atom. The molecule has 140 valence electrons. The molecule has 0 aliphatic rings. The average Bonchev–Trinajstić information content (AvgIpc) is 2.68. The fourth-order valence-electron chi connectivity index (χ4n) is 2.57. The van der Waals surface area contributed by atoms with E-state index in [4.69, 9.17) is 9.47 Å². The van der Waals surface area contributed by atoms with Gasteiger partial charge in [-0.3, -0.25) is 4.79 Å². The Kier molecular flexibility index (Phi) is 9.11. The van der Waals surface area contributed by atoms with Crippen molar-refractivity contribution >= 4 is 16.9 Å². The molecule has 0 radical (unpaired) electrons. The van der Waals surface area contributed by atoms with Crippen LogP contribution in [-0.4, -0.2) is 18.8 Å². The van der Waals surface area contributed by atoms with Gasteiger partial charge in [0.1, 0.15) is 11.5 Å². The molecule has 0 unspecified atom stereocenters. The summed E-state index contributed by atoms with van der Waals surface area (Å²) in [6.07, 6.45) is 7.50. The van der Waals surface area contributed by atoms with Crippen LogP contribution >= 0.6 is 11.8 Å². The molecule has 26 heavy (non-hydrogen) atoms. The second kappa shape index (κ2) is 11.6. The van der Waals surface area contributed by atoms with Gasteiger partial charge < -0.3 is 9.47 Å². The van der Waals surface area contributed by atoms with E-state index in [1.165, 1.54) is 43.9 Å². The van der Waals surface area contributed by atoms with Gasteiger partial charge in [0.15, 0.2) is 0 Å². The Morgan fingerprint density at radius 3 is 2.12 bits per heavy atom. The summed E-state index contributed by atoms with van der Waals surface area (Å²) >= 11 is 1.22. The van der Waals surface area contributed by atoms with Crippen molar-refractivity contribution in [2.75, 3.05) is 13.7 Å². The maximum absolute atomic E-state index is 12.4. The van der Waals surface area contributed by atoms with Gasteiger partial charge in [0.2, 0.25) is 5.12 Å². The van der Waals surface area contributed by atoms with E-state index in [2.05, 4.69) is 6.92 Å². The molecule has 0 heterocycles. The number of rotatable bonds is 11. The highest BCUT2D eigenvalue weighted by atomic mass is 32.2. The van der Waals surface area contributed by atoms with Gasteiger partial charge >= 0.3 is 0 Å². The Labute approximate surface area is 161 Å². The summed E-state index contributed by atoms with van der Waals surface area (Å²) in [6.45, 7) is 2.97. The van der Waals surface area contributed by atoms with E-state index >= 15 is 0 Å². The minimum atomic E-state index is 0.0256. The smallest absolute Gasteiger partial charge is 0.224 e. The Bertz CT molecular complexity index is 650. The first-order valence-electron chi connectivity index (χ1n) is 9.32. The number of carbonyl (C=O) groups excluding carboxylic acids is 1. The molecule has 0 atom stereocenters. The molecule has 0 fully saturated rings. The van der Waals surface area contributed by atoms with E-state index < -0.39 is 0 Å². The predicted octanol–water partition coefficient (Wildman–Crippen LogP) is 6.37. The van der Waals surface area contributed by atoms with Crippen LogP contribution in [0.3, 0.4) is 0 Å². The first-order chi connectivity index (χ1) is 12.7. The van der Waals surface area contributed by atoms with Crippen molar-refractivity contribution in [3.05, 3.63) is 54.1 Å². The number of carbonyl (C=O) groups is 1. The number of hydrogen-bond acceptors (Lipinski definition) is 4. The fraction of sp³-hybridized carbons (Fsp3) is 0.409. The lowest BCUT2D eigenvalue weighted by Crippen LogP contribution is -1.98. The fourth-order valence-corrected chi connectivity index (χ4v) is 3.31. The van der Waals surface area contributed by atoms with Crippen molar-refractivity contribution in [1.29, 1.82) is 0 Å². The number of hydrogen-bond donors (Lipinski definition) is 0. The number of ether oxygens (including phenoxy) is 2. The lowest BCUT2D eigenvalue weighted by atomic mass is 10.1. The van der Waals surface area contributed by atoms with Crippen LogP contribution < -0.4 is 9.47 Å². The van der Waals surface area contributed by atoms with Crippen LogP contribution in [0.15, 0.2) is 53.4 Å². The minimum Gasteiger partial charge on any atom is -0.497 e. The van der Waals surface area contributed by atoms with Crippen molar-refractivity contribution in [1.82, 2.24) is 0 Å². The average molecular weight is 373 g/mol. The largest absolute Gasteiger partial charge is 0.497 e. The minimum absolute atomic E-state index is 0.0256. The molecule has 0 aromatic heterocycles. The van der Waals surface area contributed by atoms with Gasteiger partial charge in [0, 0.05) is 10.5 Å². The Balaban J connectivity index is 1.74. The van der Waals surface area contributed by atoms with Crippen molar-refractivity contribution in [2.45, 2.75) is 50.3 Å². The van der Waals surface area contributed by atoms with Gasteiger partial charge in [-0.25, -0.2) is 0 Å². The molecule has 2 aromatic rings. The normalized spacial score (nSPS) is 10.5. The van der Waals surface area contributed by atoms with E-state index in [1.54, 1.807) is 7.11 Å². The maximum Gasteiger partial charge on any atom is 0.224 e. The molecule has 0 spiro atoms. The van der Waals surface area contributed by atoms with Crippen molar-refractivity contribution in [3.8, 4) is 11.5 Å². The third kappa shape index (κ3) is 7.12. The molecule has 0 aliphatic heterocycles. The zero-order valence-corrected chi connectivity index (χ0v) is 16.5. The first-order valence-corrected chi connectivity index (χ1v) is 10.1. The van der Waals surface area contributed by atoms with E-state index in [0.717, 1.165) is 29.4 Å². The zero-order chi connectivity index (χ0) is 18.6. The second-order valence-electron chi connectivity index (χ2n) is 6.21. The third-order valence-corrected chi connectivity index (χ3v) is 5.06. The SMILES string of the molecule is CCCCCCCCOc1ccc(C(=O)Sc2ccc(OC)cc2)cc1. The lowest BCUT2D eigenvalue weighted by Gasteiger charge is -2.07. The highest BCUT2D eigenvalue weighted by Gasteiger charge is 2.08. The topological polar surface area (TPSA) is 35.5 Å². The van der Waals surface area contributed by atoms with Crippen LogP contribution in [0.2, 0.25) is 0 Å². The molecule has 0 saturated heterocycles. The number of methoxy groups -OCH3 is 1. The molecular weight excluding hydrogens is 344 g/mol. The molecule has 0 saturated carbocycles. The molecule has 3 nitrogen and oxygen atoms in total. The van der Waals surface area contributed by atoms with Gasteiger partial charge in [-0.1, -0.05) is 39.0 Å². The van der Waals surface area contributed by atoms with Gasteiger partial charge in [-0.15, -0.1) is 0 Å². The molecule has 2 rings (SSSR count). The molecule has 2 aromatic carbocycles. The zero-order valence-electron chi connectivity index (χ0n) is 15.7. The number of unbranched alkanes of at least 4 members (excludes halogenated alkanes) is 5. The number of thioether (sulfide) groups is 1. The van der Waals surface area contributed by atoms with Gasteiger partial charge in [0.25, 0.3) is 0 Å². The van der Waals surface area contributed by atoms with E-state index in [9.17, 15) is 4.79 Å². The summed E-state index contributed by atoms with van der Waals surface area (Å²) in [7, 11) is 1.63. The molecule has 0 N–H and O–H groups in total. The number of benzene rings is 2. The molecule has 4 heteroatoms. The Hall–Kier alpha value is -1.94. The quantitative estimate of drug-likeness (QED) is 0.339. The summed E-state index contributed by atoms with van der Waals surface area (Å²) < 4.78 is 10.9. The highest BCUT2D eigenvalue weighted by molar-refractivity contribution is 8.14. The summed E-state index contributed by atoms with van der Waals surface area (Å²) in [6, 6.07) is 14.9. The summed E-state index contributed by atoms with van der Waals surface area (Å²) in [4.78, 5) is 13.3. The summed E-state index contributed by atoms with van der Waals surface area (Å²) in [5.41, 5.74) is 0.678. The monoisotopic (exact) mass is 372 g/mol. The van der Waals surface area contributed by atoms with Crippen molar-refractivity contribution < 1.29 is 14.3 Å². The maximum atomic E-state index is 12.4. The molecular formula is C22H28O3S. The predicted molar refractivity (Wildman–Crippen MR) is 108 cm³/mol. The Morgan fingerprint density at radius 1 is 0.846 bits per heavy atom. The van der Waals surface area contributed by atoms with Crippen LogP contribution in [0.25, 0.3) is 0 Å². The van der Waals surface area contributed by atoms with Crippen molar-refractivity contribution in [2.24, 2.45) is 0 Å². The molecule has 0 bridgehead atoms. The van der Waals surface area contributed by atoms with Crippen LogP contribution in [0, 0.1) is 0 Å². The van der Waals surface area contributed by atoms with E-state index in [0.29, 0.717) is 5.56 Å². The first kappa shape index (κ1) is 20.4. The van der Waals surface area contributed by atoms with Gasteiger partial charge in [0.05, 0.1) is 13.7 Å². The standard InChI is InChI=1S/C22H28O3S/c1-3-4-5-6-7-8-17-25-20-11-9-18(10-12-20)22(23)26-21-15-13-19(24-2)14-16-21/h9-16H,3-8,17H2,1-2H3. The van der Waals surface area contributed by atoms with Crippen molar-refractivity contribution in [3.63, 3.8) is 0 Å². The molecule has 0 amide bonds. The van der Waals surface area contributed by atoms with Gasteiger partial charge in [-0.2, -0.15) is 0 Å². The van der Waals surface area contributed by atoms with Crippen LogP contribution in [-0.2, 0) is 0 Å². The van der Waals surface area contributed by atoms with Gasteiger partial charge in [-0.05, 0) is 66.7 Å². The lowest BCUT2D eigenvalue weighted by molar-refractivity contribution is 0.108. The summed E-state index contributed by atoms with van der Waals surface area (Å²) in [5, 5.41) is 0.0256. The summed E-state index contributed by atoms with van der Waals surface area (Å²) in [5.74, 6) is 1.61.